The number of ether oxygens (including phenoxy) is 4. The SMILES string of the molecule is CCOC(C)(C)C(=O)OCN(C(=O)CN1CCOCC1)[C@@H](CCc1ccccc1)C(=O)N[C@@H](CC(C)C)C(=O)N[C@@H](Cc1ccccc1)C(=O)N[C@@H](CC(C)C)C(=O)[C@@]1(C)CO1. The number of hydrogen-bond acceptors (Lipinski definition) is 11. The fourth-order valence-corrected chi connectivity index (χ4v) is 7.37. The molecule has 5 atom stereocenters. The van der Waals surface area contributed by atoms with Gasteiger partial charge in [-0.25, -0.2) is 4.79 Å². The fraction of sp³-hybridized carbons (Fsp3) is 0.617. The second-order valence-corrected chi connectivity index (χ2v) is 17.8. The molecule has 2 fully saturated rings. The van der Waals surface area contributed by atoms with Crippen molar-refractivity contribution in [3.63, 3.8) is 0 Å². The summed E-state index contributed by atoms with van der Waals surface area (Å²) < 4.78 is 22.3. The number of rotatable bonds is 25. The minimum atomic E-state index is -1.32. The molecule has 2 aliphatic rings. The van der Waals surface area contributed by atoms with Gasteiger partial charge in [-0.2, -0.15) is 0 Å². The largest absolute Gasteiger partial charge is 0.442 e. The number of epoxide rings is 1. The van der Waals surface area contributed by atoms with E-state index in [-0.39, 0.29) is 56.6 Å². The molecule has 0 radical (unpaired) electrons. The van der Waals surface area contributed by atoms with Crippen molar-refractivity contribution >= 4 is 35.4 Å². The van der Waals surface area contributed by atoms with Crippen molar-refractivity contribution in [2.24, 2.45) is 11.8 Å². The summed E-state index contributed by atoms with van der Waals surface area (Å²) in [6, 6.07) is 14.5. The minimum absolute atomic E-state index is 0.0529. The molecule has 2 aliphatic heterocycles. The molecule has 2 saturated heterocycles. The molecule has 0 saturated carbocycles. The lowest BCUT2D eigenvalue weighted by Crippen LogP contribution is -2.60. The van der Waals surface area contributed by atoms with Gasteiger partial charge < -0.3 is 34.9 Å². The fourth-order valence-electron chi connectivity index (χ4n) is 7.37. The van der Waals surface area contributed by atoms with Crippen LogP contribution in [0.4, 0.5) is 0 Å². The lowest BCUT2D eigenvalue weighted by molar-refractivity contribution is -0.176. The molecule has 3 N–H and O–H groups in total. The number of nitrogens with zero attached hydrogens (tertiary/aromatic N) is 2. The summed E-state index contributed by atoms with van der Waals surface area (Å²) in [7, 11) is 0. The number of morpholine rings is 1. The van der Waals surface area contributed by atoms with E-state index in [2.05, 4.69) is 16.0 Å². The first-order valence-corrected chi connectivity index (χ1v) is 22.0. The third kappa shape index (κ3) is 15.6. The van der Waals surface area contributed by atoms with Gasteiger partial charge in [0, 0.05) is 26.1 Å². The van der Waals surface area contributed by atoms with Crippen molar-refractivity contribution in [2.75, 3.05) is 52.8 Å². The molecule has 0 aliphatic carbocycles. The van der Waals surface area contributed by atoms with Crippen LogP contribution in [0.1, 0.15) is 85.8 Å². The van der Waals surface area contributed by atoms with Crippen LogP contribution in [-0.4, -0.2) is 133 Å². The Hall–Kier alpha value is -4.70. The lowest BCUT2D eigenvalue weighted by Gasteiger charge is -2.35. The average molecular weight is 864 g/mol. The number of hydrogen-bond donors (Lipinski definition) is 3. The van der Waals surface area contributed by atoms with Crippen LogP contribution in [0.25, 0.3) is 0 Å². The summed E-state index contributed by atoms with van der Waals surface area (Å²) in [6.45, 7) is 16.2. The first-order valence-electron chi connectivity index (χ1n) is 22.0. The van der Waals surface area contributed by atoms with Gasteiger partial charge in [0.2, 0.25) is 23.6 Å². The number of carbonyl (C=O) groups excluding carboxylic acids is 6. The molecule has 62 heavy (non-hydrogen) atoms. The van der Waals surface area contributed by atoms with Crippen molar-refractivity contribution in [3.8, 4) is 0 Å². The van der Waals surface area contributed by atoms with E-state index in [0.29, 0.717) is 39.1 Å². The summed E-state index contributed by atoms with van der Waals surface area (Å²) in [6.07, 6.45) is 1.22. The Kier molecular flexibility index (Phi) is 19.1. The quantitative estimate of drug-likeness (QED) is 0.0753. The van der Waals surface area contributed by atoms with Crippen LogP contribution in [-0.2, 0) is 60.6 Å². The van der Waals surface area contributed by atoms with Crippen molar-refractivity contribution in [1.82, 2.24) is 25.8 Å². The molecule has 0 unspecified atom stereocenters. The maximum atomic E-state index is 14.8. The van der Waals surface area contributed by atoms with E-state index in [1.54, 1.807) is 27.7 Å². The highest BCUT2D eigenvalue weighted by Gasteiger charge is 2.50. The van der Waals surface area contributed by atoms with Gasteiger partial charge >= 0.3 is 5.97 Å². The standard InChI is InChI=1S/C47H69N5O10/c1-9-61-46(6,7)45(58)60-31-52(40(53)29-51-22-24-59-25-23-51)39(21-20-34-16-12-10-13-17-34)44(57)50-37(27-33(4)5)42(55)49-38(28-35-18-14-11-15-19-35)43(56)48-36(26-32(2)3)41(54)47(8)30-62-47/h10-19,32-33,36-39H,9,20-31H2,1-8H3,(H,48,56)(H,49,55)(H,50,57)/t36-,37-,38-,39-,47+/m0/s1. The molecule has 15 nitrogen and oxygen atoms in total. The number of nitrogens with one attached hydrogen (secondary N) is 3. The number of Topliss-reactive ketones (excluding diaryl/α,β-unsaturated/α-hetero) is 1. The molecular formula is C47H69N5O10. The second kappa shape index (κ2) is 23.7. The zero-order valence-corrected chi connectivity index (χ0v) is 37.9. The molecule has 15 heteroatoms. The highest BCUT2D eigenvalue weighted by Crippen LogP contribution is 2.30. The van der Waals surface area contributed by atoms with Gasteiger partial charge in [-0.1, -0.05) is 88.4 Å². The Morgan fingerprint density at radius 2 is 1.32 bits per heavy atom. The van der Waals surface area contributed by atoms with Crippen molar-refractivity contribution < 1.29 is 47.7 Å². The maximum absolute atomic E-state index is 14.8. The number of carbonyl (C=O) groups is 6. The molecule has 0 spiro atoms. The lowest BCUT2D eigenvalue weighted by atomic mass is 9.93. The summed E-state index contributed by atoms with van der Waals surface area (Å²) in [4.78, 5) is 87.7. The number of esters is 1. The van der Waals surface area contributed by atoms with Gasteiger partial charge in [-0.3, -0.25) is 33.8 Å². The molecule has 4 amide bonds. The van der Waals surface area contributed by atoms with Crippen LogP contribution >= 0.6 is 0 Å². The van der Waals surface area contributed by atoms with Gasteiger partial charge in [0.1, 0.15) is 23.7 Å². The first-order chi connectivity index (χ1) is 29.4. The van der Waals surface area contributed by atoms with Crippen molar-refractivity contribution in [2.45, 2.75) is 123 Å². The highest BCUT2D eigenvalue weighted by atomic mass is 16.6. The summed E-state index contributed by atoms with van der Waals surface area (Å²) in [5, 5.41) is 8.76. The van der Waals surface area contributed by atoms with Crippen molar-refractivity contribution in [1.29, 1.82) is 0 Å². The van der Waals surface area contributed by atoms with Crippen LogP contribution in [0.2, 0.25) is 0 Å². The van der Waals surface area contributed by atoms with E-state index in [1.807, 2.05) is 93.3 Å². The average Bonchev–Trinajstić information content (AvgIpc) is 3.99. The molecule has 2 aromatic carbocycles. The zero-order valence-electron chi connectivity index (χ0n) is 37.9. The predicted octanol–water partition coefficient (Wildman–Crippen LogP) is 3.61. The number of benzene rings is 2. The maximum Gasteiger partial charge on any atom is 0.339 e. The van der Waals surface area contributed by atoms with Gasteiger partial charge in [-0.15, -0.1) is 0 Å². The van der Waals surface area contributed by atoms with Crippen LogP contribution in [0.5, 0.6) is 0 Å². The molecule has 4 rings (SSSR count). The van der Waals surface area contributed by atoms with E-state index in [1.165, 1.54) is 4.90 Å². The Labute approximate surface area is 367 Å². The topological polar surface area (TPSA) is 185 Å². The summed E-state index contributed by atoms with van der Waals surface area (Å²) >= 11 is 0. The van der Waals surface area contributed by atoms with E-state index in [0.717, 1.165) is 11.1 Å². The summed E-state index contributed by atoms with van der Waals surface area (Å²) in [5.41, 5.74) is -0.587. The third-order valence-electron chi connectivity index (χ3n) is 11.0. The smallest absolute Gasteiger partial charge is 0.339 e. The first kappa shape index (κ1) is 50.0. The van der Waals surface area contributed by atoms with Gasteiger partial charge in [0.15, 0.2) is 18.1 Å². The number of aryl methyl sites for hydroxylation is 1. The Morgan fingerprint density at radius 1 is 0.790 bits per heavy atom. The Balaban J connectivity index is 1.65. The van der Waals surface area contributed by atoms with Gasteiger partial charge in [-0.05, 0) is 76.3 Å². The molecule has 342 valence electrons. The Morgan fingerprint density at radius 3 is 1.89 bits per heavy atom. The molecule has 0 aromatic heterocycles. The zero-order chi connectivity index (χ0) is 45.5. The number of amides is 4. The van der Waals surface area contributed by atoms with Gasteiger partial charge in [0.25, 0.3) is 0 Å². The Bertz CT molecular complexity index is 1780. The van der Waals surface area contributed by atoms with Crippen LogP contribution < -0.4 is 16.0 Å². The monoisotopic (exact) mass is 864 g/mol. The highest BCUT2D eigenvalue weighted by molar-refractivity contribution is 5.99. The van der Waals surface area contributed by atoms with E-state index < -0.39 is 71.7 Å². The third-order valence-corrected chi connectivity index (χ3v) is 11.0. The van der Waals surface area contributed by atoms with Gasteiger partial charge in [0.05, 0.1) is 32.4 Å². The molecule has 0 bridgehead atoms. The molecule has 2 heterocycles. The van der Waals surface area contributed by atoms with Crippen LogP contribution in [0.3, 0.4) is 0 Å². The van der Waals surface area contributed by atoms with Crippen LogP contribution in [0, 0.1) is 11.8 Å². The van der Waals surface area contributed by atoms with Crippen molar-refractivity contribution in [3.05, 3.63) is 71.8 Å². The van der Waals surface area contributed by atoms with E-state index in [9.17, 15) is 28.8 Å². The van der Waals surface area contributed by atoms with E-state index in [4.69, 9.17) is 18.9 Å². The number of ketones is 1. The van der Waals surface area contributed by atoms with Crippen LogP contribution in [0.15, 0.2) is 60.7 Å². The second-order valence-electron chi connectivity index (χ2n) is 17.8. The predicted molar refractivity (Wildman–Crippen MR) is 234 cm³/mol. The van der Waals surface area contributed by atoms with E-state index >= 15 is 0 Å². The summed E-state index contributed by atoms with van der Waals surface area (Å²) in [5.74, 6) is -3.15. The molecular weight excluding hydrogens is 795 g/mol. The normalized spacial score (nSPS) is 18.5. The minimum Gasteiger partial charge on any atom is -0.442 e. The molecule has 2 aromatic rings.